The Morgan fingerprint density at radius 3 is 2.24 bits per heavy atom. The number of likely N-dealkylation sites (tertiary alicyclic amines) is 1. The quantitative estimate of drug-likeness (QED) is 0.466. The van der Waals surface area contributed by atoms with Crippen LogP contribution in [0, 0.1) is 13.8 Å². The Labute approximate surface area is 196 Å². The van der Waals surface area contributed by atoms with Gasteiger partial charge in [0.2, 0.25) is 0 Å². The van der Waals surface area contributed by atoms with Gasteiger partial charge in [-0.1, -0.05) is 29.8 Å². The van der Waals surface area contributed by atoms with E-state index in [0.717, 1.165) is 62.6 Å². The number of aromatic nitrogens is 2. The van der Waals surface area contributed by atoms with Crippen LogP contribution in [-0.2, 0) is 13.1 Å². The Kier molecular flexibility index (Phi) is 7.68. The van der Waals surface area contributed by atoms with E-state index < -0.39 is 5.60 Å². The van der Waals surface area contributed by atoms with E-state index >= 15 is 0 Å². The number of hydrogen-bond donors (Lipinski definition) is 1. The van der Waals surface area contributed by atoms with E-state index in [4.69, 9.17) is 9.47 Å². The Bertz CT molecular complexity index is 990. The zero-order valence-electron chi connectivity index (χ0n) is 19.7. The van der Waals surface area contributed by atoms with Crippen LogP contribution in [0.2, 0.25) is 0 Å². The Morgan fingerprint density at radius 1 is 0.909 bits per heavy atom. The van der Waals surface area contributed by atoms with Crippen molar-refractivity contribution in [1.29, 1.82) is 0 Å². The van der Waals surface area contributed by atoms with Crippen molar-refractivity contribution in [3.63, 3.8) is 0 Å². The number of piperidine rings is 1. The number of aryl methyl sites for hydroxylation is 3. The summed E-state index contributed by atoms with van der Waals surface area (Å²) in [6, 6.07) is 18.3. The summed E-state index contributed by atoms with van der Waals surface area (Å²) in [6.07, 6.45) is 4.36. The highest BCUT2D eigenvalue weighted by atomic mass is 16.5. The molecule has 0 unspecified atom stereocenters. The van der Waals surface area contributed by atoms with Crippen LogP contribution in [0.5, 0.6) is 11.5 Å². The summed E-state index contributed by atoms with van der Waals surface area (Å²) < 4.78 is 13.7. The predicted molar refractivity (Wildman–Crippen MR) is 130 cm³/mol. The molecule has 0 amide bonds. The molecule has 33 heavy (non-hydrogen) atoms. The Morgan fingerprint density at radius 2 is 1.58 bits per heavy atom. The molecule has 0 atom stereocenters. The zero-order chi connectivity index (χ0) is 23.1. The maximum absolute atomic E-state index is 10.9. The molecular weight excluding hydrogens is 414 g/mol. The first-order chi connectivity index (χ1) is 16.0. The first kappa shape index (κ1) is 23.3. The molecule has 1 saturated heterocycles. The SMILES string of the molecule is Cc1ccc(OCC2(O)CCN(Cc3ccc(OCCCn4ccc(C)n4)cc3)CC2)cc1. The average Bonchev–Trinajstić information content (AvgIpc) is 3.24. The van der Waals surface area contributed by atoms with E-state index in [2.05, 4.69) is 29.1 Å². The molecule has 0 aliphatic carbocycles. The molecule has 1 N–H and O–H groups in total. The van der Waals surface area contributed by atoms with Crippen LogP contribution in [0.25, 0.3) is 0 Å². The third-order valence-corrected chi connectivity index (χ3v) is 6.22. The van der Waals surface area contributed by atoms with Crippen molar-refractivity contribution in [2.75, 3.05) is 26.3 Å². The van der Waals surface area contributed by atoms with Gasteiger partial charge in [-0.05, 0) is 62.6 Å². The minimum absolute atomic E-state index is 0.343. The monoisotopic (exact) mass is 449 g/mol. The highest BCUT2D eigenvalue weighted by Gasteiger charge is 2.33. The fourth-order valence-electron chi connectivity index (χ4n) is 4.08. The van der Waals surface area contributed by atoms with E-state index in [1.165, 1.54) is 11.1 Å². The molecule has 176 valence electrons. The van der Waals surface area contributed by atoms with Crippen molar-refractivity contribution in [2.45, 2.75) is 51.8 Å². The molecular formula is C27H35N3O3. The molecule has 3 aromatic rings. The van der Waals surface area contributed by atoms with E-state index in [0.29, 0.717) is 13.2 Å². The van der Waals surface area contributed by atoms with Crippen molar-refractivity contribution >= 4 is 0 Å². The lowest BCUT2D eigenvalue weighted by molar-refractivity contribution is -0.0537. The molecule has 1 aliphatic rings. The maximum Gasteiger partial charge on any atom is 0.119 e. The van der Waals surface area contributed by atoms with Crippen LogP contribution in [0.3, 0.4) is 0 Å². The van der Waals surface area contributed by atoms with Crippen molar-refractivity contribution in [1.82, 2.24) is 14.7 Å². The van der Waals surface area contributed by atoms with Gasteiger partial charge in [-0.3, -0.25) is 9.58 Å². The smallest absolute Gasteiger partial charge is 0.119 e. The maximum atomic E-state index is 10.9. The predicted octanol–water partition coefficient (Wildman–Crippen LogP) is 4.37. The molecule has 0 bridgehead atoms. The molecule has 6 nitrogen and oxygen atoms in total. The lowest BCUT2D eigenvalue weighted by Gasteiger charge is -2.38. The summed E-state index contributed by atoms with van der Waals surface area (Å²) in [6.45, 7) is 8.54. The molecule has 4 rings (SSSR count). The van der Waals surface area contributed by atoms with Gasteiger partial charge >= 0.3 is 0 Å². The highest BCUT2D eigenvalue weighted by Crippen LogP contribution is 2.25. The fourth-order valence-corrected chi connectivity index (χ4v) is 4.08. The molecule has 6 heteroatoms. The number of benzene rings is 2. The minimum Gasteiger partial charge on any atom is -0.494 e. The lowest BCUT2D eigenvalue weighted by Crippen LogP contribution is -2.47. The van der Waals surface area contributed by atoms with Crippen LogP contribution in [0.4, 0.5) is 0 Å². The van der Waals surface area contributed by atoms with Crippen LogP contribution < -0.4 is 9.47 Å². The van der Waals surface area contributed by atoms with Crippen LogP contribution >= 0.6 is 0 Å². The number of aliphatic hydroxyl groups is 1. The number of nitrogens with zero attached hydrogens (tertiary/aromatic N) is 3. The molecule has 2 heterocycles. The van der Waals surface area contributed by atoms with Crippen molar-refractivity contribution in [3.8, 4) is 11.5 Å². The van der Waals surface area contributed by atoms with Gasteiger partial charge in [-0.25, -0.2) is 0 Å². The summed E-state index contributed by atoms with van der Waals surface area (Å²) in [4.78, 5) is 2.39. The van der Waals surface area contributed by atoms with Crippen molar-refractivity contribution < 1.29 is 14.6 Å². The zero-order valence-corrected chi connectivity index (χ0v) is 19.7. The second kappa shape index (κ2) is 10.9. The Balaban J connectivity index is 1.15. The van der Waals surface area contributed by atoms with Crippen molar-refractivity contribution in [3.05, 3.63) is 77.6 Å². The second-order valence-corrected chi connectivity index (χ2v) is 9.17. The molecule has 1 aliphatic heterocycles. The summed E-state index contributed by atoms with van der Waals surface area (Å²) in [5.74, 6) is 1.71. The standard InChI is InChI=1S/C27H35N3O3/c1-22-4-8-26(9-5-22)33-21-27(31)13-17-29(18-14-27)20-24-6-10-25(11-7-24)32-19-3-15-30-16-12-23(2)28-30/h4-12,16,31H,3,13-15,17-21H2,1-2H3. The van der Waals surface area contributed by atoms with Gasteiger partial charge in [0.25, 0.3) is 0 Å². The third kappa shape index (κ3) is 7.07. The van der Waals surface area contributed by atoms with Gasteiger partial charge in [0, 0.05) is 38.8 Å². The highest BCUT2D eigenvalue weighted by molar-refractivity contribution is 5.28. The van der Waals surface area contributed by atoms with E-state index in [1.807, 2.05) is 60.3 Å². The van der Waals surface area contributed by atoms with Crippen LogP contribution in [0.15, 0.2) is 60.8 Å². The number of rotatable bonds is 10. The lowest BCUT2D eigenvalue weighted by atomic mass is 9.92. The summed E-state index contributed by atoms with van der Waals surface area (Å²) in [5, 5.41) is 15.3. The Hall–Kier alpha value is -2.83. The fraction of sp³-hybridized carbons (Fsp3) is 0.444. The van der Waals surface area contributed by atoms with Gasteiger partial charge < -0.3 is 14.6 Å². The molecule has 2 aromatic carbocycles. The van der Waals surface area contributed by atoms with Crippen molar-refractivity contribution in [2.24, 2.45) is 0 Å². The van der Waals surface area contributed by atoms with Gasteiger partial charge in [-0.15, -0.1) is 0 Å². The van der Waals surface area contributed by atoms with E-state index in [-0.39, 0.29) is 0 Å². The number of ether oxygens (including phenoxy) is 2. The molecule has 0 spiro atoms. The first-order valence-corrected chi connectivity index (χ1v) is 11.8. The minimum atomic E-state index is -0.756. The van der Waals surface area contributed by atoms with Gasteiger partial charge in [0.1, 0.15) is 23.7 Å². The third-order valence-electron chi connectivity index (χ3n) is 6.22. The summed E-state index contributed by atoms with van der Waals surface area (Å²) in [5.41, 5.74) is 2.75. The molecule has 0 radical (unpaired) electrons. The first-order valence-electron chi connectivity index (χ1n) is 11.8. The molecule has 1 aromatic heterocycles. The molecule has 0 saturated carbocycles. The van der Waals surface area contributed by atoms with Gasteiger partial charge in [0.05, 0.1) is 12.3 Å². The number of hydrogen-bond acceptors (Lipinski definition) is 5. The average molecular weight is 450 g/mol. The summed E-state index contributed by atoms with van der Waals surface area (Å²) >= 11 is 0. The van der Waals surface area contributed by atoms with E-state index in [1.54, 1.807) is 0 Å². The largest absolute Gasteiger partial charge is 0.494 e. The topological polar surface area (TPSA) is 59.8 Å². The molecule has 1 fully saturated rings. The van der Waals surface area contributed by atoms with Crippen LogP contribution in [-0.4, -0.2) is 51.7 Å². The van der Waals surface area contributed by atoms with Gasteiger partial charge in [0.15, 0.2) is 0 Å². The van der Waals surface area contributed by atoms with Crippen LogP contribution in [0.1, 0.15) is 36.1 Å². The second-order valence-electron chi connectivity index (χ2n) is 9.17. The van der Waals surface area contributed by atoms with E-state index in [9.17, 15) is 5.11 Å². The normalized spacial score (nSPS) is 16.0. The summed E-state index contributed by atoms with van der Waals surface area (Å²) in [7, 11) is 0. The van der Waals surface area contributed by atoms with Gasteiger partial charge in [-0.2, -0.15) is 5.10 Å².